The van der Waals surface area contributed by atoms with E-state index in [1.165, 1.54) is 23.5 Å². The lowest BCUT2D eigenvalue weighted by Gasteiger charge is -2.40. The number of thiazole rings is 1. The van der Waals surface area contributed by atoms with Crippen molar-refractivity contribution >= 4 is 34.2 Å². The predicted octanol–water partition coefficient (Wildman–Crippen LogP) is 4.88. The van der Waals surface area contributed by atoms with Crippen molar-refractivity contribution in [2.75, 3.05) is 38.2 Å². The maximum Gasteiger partial charge on any atom is 0.243 e. The molecule has 2 saturated heterocycles. The average Bonchev–Trinajstić information content (AvgIpc) is 3.43. The summed E-state index contributed by atoms with van der Waals surface area (Å²) in [4.78, 5) is 48.4. The van der Waals surface area contributed by atoms with Crippen LogP contribution in [0.2, 0.25) is 0 Å². The molecule has 1 spiro atoms. The fourth-order valence-electron chi connectivity index (χ4n) is 6.89. The first kappa shape index (κ1) is 33.0. The van der Waals surface area contributed by atoms with Crippen molar-refractivity contribution in [2.45, 2.75) is 57.5 Å². The number of anilines is 1. The highest BCUT2D eigenvalue weighted by Gasteiger charge is 2.41. The minimum absolute atomic E-state index is 0.0836. The number of benzene rings is 2. The van der Waals surface area contributed by atoms with Crippen LogP contribution in [0.25, 0.3) is 11.3 Å². The number of carbonyl (C=O) groups is 3. The van der Waals surface area contributed by atoms with Crippen molar-refractivity contribution in [3.63, 3.8) is 0 Å². The second-order valence-corrected chi connectivity index (χ2v) is 14.1. The summed E-state index contributed by atoms with van der Waals surface area (Å²) in [6.07, 6.45) is 7.90. The second kappa shape index (κ2) is 14.9. The Morgan fingerprint density at radius 2 is 1.85 bits per heavy atom. The Bertz CT molecular complexity index is 1590. The molecule has 0 bridgehead atoms. The number of aryl methyl sites for hydroxylation is 1. The molecule has 4 heterocycles. The molecule has 0 unspecified atom stereocenters. The third-order valence-corrected chi connectivity index (χ3v) is 10.5. The highest BCUT2D eigenvalue weighted by Crippen LogP contribution is 2.36. The molecule has 2 fully saturated rings. The van der Waals surface area contributed by atoms with E-state index in [1.807, 2.05) is 37.3 Å². The van der Waals surface area contributed by atoms with Crippen molar-refractivity contribution in [2.24, 2.45) is 11.3 Å². The van der Waals surface area contributed by atoms with Crippen LogP contribution in [0.3, 0.4) is 0 Å². The van der Waals surface area contributed by atoms with Crippen molar-refractivity contribution in [1.29, 1.82) is 0 Å². The van der Waals surface area contributed by atoms with Crippen molar-refractivity contribution < 1.29 is 23.5 Å². The predicted molar refractivity (Wildman–Crippen MR) is 180 cm³/mol. The highest BCUT2D eigenvalue weighted by atomic mass is 32.1. The lowest BCUT2D eigenvalue weighted by molar-refractivity contribution is -0.140. The Kier molecular flexibility index (Phi) is 10.4. The van der Waals surface area contributed by atoms with E-state index in [1.54, 1.807) is 12.1 Å². The third-order valence-electron chi connectivity index (χ3n) is 9.62. The molecule has 3 aliphatic rings. The zero-order valence-electron chi connectivity index (χ0n) is 26.7. The number of likely N-dealkylation sites (tertiary alicyclic amines) is 1. The van der Waals surface area contributed by atoms with Gasteiger partial charge in [-0.3, -0.25) is 19.3 Å². The molecule has 3 amide bonds. The Balaban J connectivity index is 1.14. The summed E-state index contributed by atoms with van der Waals surface area (Å²) in [5.74, 6) is -0.617. The van der Waals surface area contributed by atoms with Gasteiger partial charge in [0, 0.05) is 49.2 Å². The molecule has 2 aromatic carbocycles. The van der Waals surface area contributed by atoms with Crippen LogP contribution < -0.4 is 16.0 Å². The number of fused-ring (bicyclic) bond motifs is 1. The Hall–Kier alpha value is -3.93. The fraction of sp³-hybridized carbons (Fsp3) is 0.444. The van der Waals surface area contributed by atoms with E-state index >= 15 is 0 Å². The number of carbonyl (C=O) groups excluding carboxylic acids is 3. The van der Waals surface area contributed by atoms with Gasteiger partial charge in [0.25, 0.3) is 0 Å². The number of hydrogen-bond donors (Lipinski definition) is 3. The Morgan fingerprint density at radius 3 is 2.62 bits per heavy atom. The van der Waals surface area contributed by atoms with E-state index in [0.29, 0.717) is 63.5 Å². The summed E-state index contributed by atoms with van der Waals surface area (Å²) in [5.41, 5.74) is 1.91. The molecule has 3 atom stereocenters. The number of hydrogen-bond acceptors (Lipinski definition) is 7. The Labute approximate surface area is 279 Å². The number of ether oxygens (including phenoxy) is 1. The van der Waals surface area contributed by atoms with Crippen LogP contribution in [0.4, 0.5) is 9.52 Å². The zero-order chi connectivity index (χ0) is 32.8. The molecule has 6 rings (SSSR count). The van der Waals surface area contributed by atoms with E-state index in [9.17, 15) is 18.8 Å². The molecule has 47 heavy (non-hydrogen) atoms. The first-order valence-electron chi connectivity index (χ1n) is 16.4. The highest BCUT2D eigenvalue weighted by molar-refractivity contribution is 7.16. The van der Waals surface area contributed by atoms with E-state index in [4.69, 9.17) is 4.74 Å². The van der Waals surface area contributed by atoms with Gasteiger partial charge in [0.1, 0.15) is 11.9 Å². The van der Waals surface area contributed by atoms with Crippen LogP contribution in [0, 0.1) is 24.1 Å². The molecule has 0 saturated carbocycles. The molecular weight excluding hydrogens is 617 g/mol. The quantitative estimate of drug-likeness (QED) is 0.326. The molecule has 3 aliphatic heterocycles. The molecule has 9 nitrogen and oxygen atoms in total. The van der Waals surface area contributed by atoms with Crippen LogP contribution in [-0.4, -0.2) is 72.5 Å². The van der Waals surface area contributed by atoms with Gasteiger partial charge in [0.2, 0.25) is 17.7 Å². The topological polar surface area (TPSA) is 113 Å². The van der Waals surface area contributed by atoms with Crippen LogP contribution >= 0.6 is 11.3 Å². The van der Waals surface area contributed by atoms with Crippen LogP contribution in [0.1, 0.15) is 42.5 Å². The molecule has 3 N–H and O–H groups in total. The van der Waals surface area contributed by atoms with Gasteiger partial charge < -0.3 is 20.7 Å². The van der Waals surface area contributed by atoms with Crippen molar-refractivity contribution in [3.8, 4) is 11.3 Å². The van der Waals surface area contributed by atoms with Gasteiger partial charge in [-0.1, -0.05) is 42.5 Å². The Morgan fingerprint density at radius 1 is 1.09 bits per heavy atom. The van der Waals surface area contributed by atoms with Crippen molar-refractivity contribution in [3.05, 3.63) is 83.0 Å². The van der Waals surface area contributed by atoms with Crippen LogP contribution in [0.5, 0.6) is 0 Å². The van der Waals surface area contributed by atoms with Crippen molar-refractivity contribution in [1.82, 2.24) is 20.5 Å². The van der Waals surface area contributed by atoms with Gasteiger partial charge in [-0.25, -0.2) is 9.37 Å². The maximum absolute atomic E-state index is 13.8. The summed E-state index contributed by atoms with van der Waals surface area (Å²) in [7, 11) is 0. The number of piperidine rings is 1. The van der Waals surface area contributed by atoms with Gasteiger partial charge in [-0.05, 0) is 74.8 Å². The second-order valence-electron chi connectivity index (χ2n) is 12.9. The summed E-state index contributed by atoms with van der Waals surface area (Å²) >= 11 is 1.40. The normalized spacial score (nSPS) is 23.6. The van der Waals surface area contributed by atoms with E-state index in [2.05, 4.69) is 38.0 Å². The van der Waals surface area contributed by atoms with Gasteiger partial charge in [0.15, 0.2) is 5.13 Å². The molecule has 0 aliphatic carbocycles. The number of halogens is 1. The molecule has 0 radical (unpaired) electrons. The largest absolute Gasteiger partial charge is 0.381 e. The van der Waals surface area contributed by atoms with Gasteiger partial charge in [-0.15, -0.1) is 11.3 Å². The molecular formula is C36H42FN5O4S. The van der Waals surface area contributed by atoms with E-state index in [0.717, 1.165) is 28.1 Å². The fourth-order valence-corrected chi connectivity index (χ4v) is 7.74. The molecule has 1 aromatic heterocycles. The van der Waals surface area contributed by atoms with Crippen LogP contribution in [0.15, 0.2) is 66.7 Å². The van der Waals surface area contributed by atoms with Crippen LogP contribution in [-0.2, 0) is 25.5 Å². The molecule has 248 valence electrons. The number of aromatic nitrogens is 1. The lowest BCUT2D eigenvalue weighted by Crippen LogP contribution is -2.58. The van der Waals surface area contributed by atoms with Gasteiger partial charge in [0.05, 0.1) is 17.7 Å². The smallest absolute Gasteiger partial charge is 0.243 e. The zero-order valence-corrected chi connectivity index (χ0v) is 27.5. The van der Waals surface area contributed by atoms with Gasteiger partial charge >= 0.3 is 0 Å². The standard InChI is InChI=1S/C36H42FN5O4S/c1-24-32(26-10-12-28(37)13-11-26)41-35(47-24)40-31(43)23-42-18-14-29-27(22-42)9-5-6-15-36(16-19-46-20-17-36)34(45)39-30(33(44)38-29)21-25-7-3-2-4-8-25/h2-8,10-13,27,29-30H,9,14-23H2,1H3,(H,38,44)(H,39,45)(H,40,41,43)/t27-,29+,30+/m1/s1. The molecule has 3 aromatic rings. The summed E-state index contributed by atoms with van der Waals surface area (Å²) in [6, 6.07) is 15.2. The number of amides is 3. The number of allylic oxidation sites excluding steroid dienone is 2. The summed E-state index contributed by atoms with van der Waals surface area (Å²) in [5, 5.41) is 9.89. The minimum Gasteiger partial charge on any atom is -0.381 e. The van der Waals surface area contributed by atoms with E-state index < -0.39 is 11.5 Å². The monoisotopic (exact) mass is 659 g/mol. The number of rotatable bonds is 6. The summed E-state index contributed by atoms with van der Waals surface area (Å²) in [6.45, 7) is 4.48. The SMILES string of the molecule is Cc1sc(NC(=O)CN2CC[C@@H]3NC(=O)[C@H](Cc4ccccc4)NC(=O)C4(CC=CC[C@@H]3C2)CCOCC4)nc1-c1ccc(F)cc1. The summed E-state index contributed by atoms with van der Waals surface area (Å²) < 4.78 is 19.0. The third kappa shape index (κ3) is 8.14. The molecule has 11 heteroatoms. The first-order chi connectivity index (χ1) is 22.8. The number of nitrogens with one attached hydrogen (secondary N) is 3. The number of nitrogens with zero attached hydrogens (tertiary/aromatic N) is 2. The van der Waals surface area contributed by atoms with Gasteiger partial charge in [-0.2, -0.15) is 0 Å². The first-order valence-corrected chi connectivity index (χ1v) is 17.2. The minimum atomic E-state index is -0.695. The lowest BCUT2D eigenvalue weighted by atomic mass is 9.75. The average molecular weight is 660 g/mol. The van der Waals surface area contributed by atoms with E-state index in [-0.39, 0.29) is 42.0 Å². The maximum atomic E-state index is 13.8.